The SMILES string of the molecule is COCC(Cl)CNc1nccc2c1ncn2C. The molecule has 2 aromatic rings. The van der Waals surface area contributed by atoms with E-state index in [-0.39, 0.29) is 5.38 Å². The Morgan fingerprint density at radius 3 is 3.12 bits per heavy atom. The van der Waals surface area contributed by atoms with Gasteiger partial charge in [-0.3, -0.25) is 0 Å². The highest BCUT2D eigenvalue weighted by Crippen LogP contribution is 2.18. The van der Waals surface area contributed by atoms with Gasteiger partial charge in [-0.2, -0.15) is 0 Å². The molecule has 0 bridgehead atoms. The van der Waals surface area contributed by atoms with Gasteiger partial charge in [0.15, 0.2) is 5.82 Å². The minimum atomic E-state index is -0.0826. The molecule has 1 N–H and O–H groups in total. The van der Waals surface area contributed by atoms with Gasteiger partial charge in [-0.15, -0.1) is 11.6 Å². The second kappa shape index (κ2) is 5.33. The lowest BCUT2D eigenvalue weighted by Crippen LogP contribution is -2.19. The molecule has 0 saturated carbocycles. The van der Waals surface area contributed by atoms with E-state index in [4.69, 9.17) is 16.3 Å². The molecule has 6 heteroatoms. The lowest BCUT2D eigenvalue weighted by Gasteiger charge is -2.10. The number of aryl methyl sites for hydroxylation is 1. The number of pyridine rings is 1. The van der Waals surface area contributed by atoms with E-state index in [0.717, 1.165) is 16.9 Å². The standard InChI is InChI=1S/C11H15ClN4O/c1-16-7-15-10-9(16)3-4-13-11(10)14-5-8(12)6-17-2/h3-4,7-8H,5-6H2,1-2H3,(H,13,14). The number of fused-ring (bicyclic) bond motifs is 1. The Balaban J connectivity index is 2.13. The maximum Gasteiger partial charge on any atom is 0.154 e. The first-order valence-corrected chi connectivity index (χ1v) is 5.79. The molecule has 1 atom stereocenters. The van der Waals surface area contributed by atoms with Crippen molar-refractivity contribution in [1.82, 2.24) is 14.5 Å². The first kappa shape index (κ1) is 12.1. The van der Waals surface area contributed by atoms with Crippen LogP contribution in [0.5, 0.6) is 0 Å². The summed E-state index contributed by atoms with van der Waals surface area (Å²) in [4.78, 5) is 8.57. The van der Waals surface area contributed by atoms with Gasteiger partial charge in [-0.05, 0) is 6.07 Å². The number of nitrogens with zero attached hydrogens (tertiary/aromatic N) is 3. The highest BCUT2D eigenvalue weighted by molar-refractivity contribution is 6.21. The molecule has 0 aliphatic rings. The van der Waals surface area contributed by atoms with E-state index in [9.17, 15) is 0 Å². The van der Waals surface area contributed by atoms with Crippen LogP contribution in [-0.4, -0.2) is 40.2 Å². The molecule has 1 unspecified atom stereocenters. The number of methoxy groups -OCH3 is 1. The molecule has 17 heavy (non-hydrogen) atoms. The topological polar surface area (TPSA) is 52.0 Å². The summed E-state index contributed by atoms with van der Waals surface area (Å²) in [5, 5.41) is 3.10. The Kier molecular flexibility index (Phi) is 3.81. The normalized spacial score (nSPS) is 12.9. The quantitative estimate of drug-likeness (QED) is 0.824. The highest BCUT2D eigenvalue weighted by Gasteiger charge is 2.08. The van der Waals surface area contributed by atoms with Gasteiger partial charge >= 0.3 is 0 Å². The van der Waals surface area contributed by atoms with Gasteiger partial charge in [0, 0.05) is 26.9 Å². The number of hydrogen-bond donors (Lipinski definition) is 1. The second-order valence-corrected chi connectivity index (χ2v) is 4.43. The van der Waals surface area contributed by atoms with E-state index in [0.29, 0.717) is 13.2 Å². The molecule has 5 nitrogen and oxygen atoms in total. The number of imidazole rings is 1. The molecule has 0 aliphatic heterocycles. The lowest BCUT2D eigenvalue weighted by atomic mass is 10.3. The summed E-state index contributed by atoms with van der Waals surface area (Å²) in [6.07, 6.45) is 3.52. The number of hydrogen-bond acceptors (Lipinski definition) is 4. The van der Waals surface area contributed by atoms with Crippen LogP contribution >= 0.6 is 11.6 Å². The molecule has 2 rings (SSSR count). The number of anilines is 1. The van der Waals surface area contributed by atoms with Gasteiger partial charge in [0.25, 0.3) is 0 Å². The van der Waals surface area contributed by atoms with Crippen LogP contribution in [0.2, 0.25) is 0 Å². The number of alkyl halides is 1. The fourth-order valence-electron chi connectivity index (χ4n) is 1.64. The zero-order valence-electron chi connectivity index (χ0n) is 9.85. The third-order valence-electron chi connectivity index (χ3n) is 2.48. The minimum absolute atomic E-state index is 0.0826. The average molecular weight is 255 g/mol. The van der Waals surface area contributed by atoms with Crippen LogP contribution in [0.15, 0.2) is 18.6 Å². The lowest BCUT2D eigenvalue weighted by molar-refractivity contribution is 0.200. The van der Waals surface area contributed by atoms with E-state index in [1.165, 1.54) is 0 Å². The van der Waals surface area contributed by atoms with Crippen molar-refractivity contribution in [2.75, 3.05) is 25.6 Å². The summed E-state index contributed by atoms with van der Waals surface area (Å²) in [6, 6.07) is 1.93. The first-order chi connectivity index (χ1) is 8.22. The van der Waals surface area contributed by atoms with Gasteiger partial charge < -0.3 is 14.6 Å². The van der Waals surface area contributed by atoms with Crippen LogP contribution in [0.25, 0.3) is 11.0 Å². The third kappa shape index (κ3) is 2.68. The molecule has 0 aliphatic carbocycles. The van der Waals surface area contributed by atoms with Crippen LogP contribution in [0, 0.1) is 0 Å². The zero-order valence-corrected chi connectivity index (χ0v) is 10.6. The van der Waals surface area contributed by atoms with E-state index in [1.807, 2.05) is 17.7 Å². The Bertz CT molecular complexity index is 499. The van der Waals surface area contributed by atoms with E-state index in [2.05, 4.69) is 15.3 Å². The fourth-order valence-corrected chi connectivity index (χ4v) is 1.84. The van der Waals surface area contributed by atoms with Gasteiger partial charge in [0.05, 0.1) is 23.8 Å². The summed E-state index contributed by atoms with van der Waals surface area (Å²) in [6.45, 7) is 1.10. The summed E-state index contributed by atoms with van der Waals surface area (Å²) >= 11 is 6.05. The zero-order chi connectivity index (χ0) is 12.3. The second-order valence-electron chi connectivity index (χ2n) is 3.82. The maximum absolute atomic E-state index is 6.05. The largest absolute Gasteiger partial charge is 0.383 e. The number of halogens is 1. The Morgan fingerprint density at radius 2 is 2.35 bits per heavy atom. The van der Waals surface area contributed by atoms with Crippen LogP contribution in [-0.2, 0) is 11.8 Å². The number of aromatic nitrogens is 3. The fraction of sp³-hybridized carbons (Fsp3) is 0.455. The molecule has 0 aromatic carbocycles. The van der Waals surface area contributed by atoms with E-state index >= 15 is 0 Å². The number of nitrogens with one attached hydrogen (secondary N) is 1. The van der Waals surface area contributed by atoms with Crippen molar-refractivity contribution in [3.8, 4) is 0 Å². The first-order valence-electron chi connectivity index (χ1n) is 5.35. The molecule has 0 spiro atoms. The molecular weight excluding hydrogens is 240 g/mol. The van der Waals surface area contributed by atoms with Crippen LogP contribution in [0.4, 0.5) is 5.82 Å². The number of rotatable bonds is 5. The van der Waals surface area contributed by atoms with Crippen molar-refractivity contribution in [3.05, 3.63) is 18.6 Å². The molecule has 2 aromatic heterocycles. The molecule has 92 valence electrons. The minimum Gasteiger partial charge on any atom is -0.383 e. The van der Waals surface area contributed by atoms with Gasteiger partial charge in [-0.25, -0.2) is 9.97 Å². The van der Waals surface area contributed by atoms with Crippen molar-refractivity contribution < 1.29 is 4.74 Å². The summed E-state index contributed by atoms with van der Waals surface area (Å²) in [5.74, 6) is 0.754. The molecular formula is C11H15ClN4O. The van der Waals surface area contributed by atoms with Crippen molar-refractivity contribution in [2.45, 2.75) is 5.38 Å². The average Bonchev–Trinajstić information content (AvgIpc) is 2.70. The molecule has 0 saturated heterocycles. The van der Waals surface area contributed by atoms with Gasteiger partial charge in [0.2, 0.25) is 0 Å². The van der Waals surface area contributed by atoms with Crippen molar-refractivity contribution in [1.29, 1.82) is 0 Å². The summed E-state index contributed by atoms with van der Waals surface area (Å²) in [7, 11) is 3.58. The Labute approximate surface area is 105 Å². The third-order valence-corrected chi connectivity index (χ3v) is 2.76. The predicted molar refractivity (Wildman–Crippen MR) is 68.5 cm³/mol. The Morgan fingerprint density at radius 1 is 1.53 bits per heavy atom. The van der Waals surface area contributed by atoms with Gasteiger partial charge in [-0.1, -0.05) is 0 Å². The smallest absolute Gasteiger partial charge is 0.154 e. The molecule has 0 radical (unpaired) electrons. The van der Waals surface area contributed by atoms with Crippen molar-refractivity contribution >= 4 is 28.5 Å². The monoisotopic (exact) mass is 254 g/mol. The van der Waals surface area contributed by atoms with E-state index < -0.39 is 0 Å². The van der Waals surface area contributed by atoms with E-state index in [1.54, 1.807) is 19.6 Å². The Hall–Kier alpha value is -1.33. The molecule has 0 amide bonds. The summed E-state index contributed by atoms with van der Waals surface area (Å²) < 4.78 is 6.93. The summed E-state index contributed by atoms with van der Waals surface area (Å²) in [5.41, 5.74) is 1.90. The molecule has 0 fully saturated rings. The van der Waals surface area contributed by atoms with Crippen molar-refractivity contribution in [2.24, 2.45) is 7.05 Å². The van der Waals surface area contributed by atoms with Crippen LogP contribution in [0.3, 0.4) is 0 Å². The highest BCUT2D eigenvalue weighted by atomic mass is 35.5. The molecule has 2 heterocycles. The van der Waals surface area contributed by atoms with Gasteiger partial charge in [0.1, 0.15) is 5.52 Å². The number of ether oxygens (including phenoxy) is 1. The predicted octanol–water partition coefficient (Wildman–Crippen LogP) is 1.63. The van der Waals surface area contributed by atoms with Crippen LogP contribution < -0.4 is 5.32 Å². The van der Waals surface area contributed by atoms with Crippen molar-refractivity contribution in [3.63, 3.8) is 0 Å². The van der Waals surface area contributed by atoms with Crippen LogP contribution in [0.1, 0.15) is 0 Å². The maximum atomic E-state index is 6.05.